The van der Waals surface area contributed by atoms with Gasteiger partial charge >= 0.3 is 12.1 Å². The van der Waals surface area contributed by atoms with Crippen molar-refractivity contribution in [3.8, 4) is 0 Å². The number of ether oxygens (including phenoxy) is 3. The van der Waals surface area contributed by atoms with E-state index in [0.717, 1.165) is 63.0 Å². The third kappa shape index (κ3) is 8.64. The fourth-order valence-corrected chi connectivity index (χ4v) is 5.23. The fourth-order valence-electron chi connectivity index (χ4n) is 5.23. The molecule has 0 radical (unpaired) electrons. The smallest absolute Gasteiger partial charge is 0.406 e. The van der Waals surface area contributed by atoms with E-state index < -0.39 is 6.09 Å². The van der Waals surface area contributed by atoms with Gasteiger partial charge in [-0.1, -0.05) is 23.8 Å². The first-order valence-corrected chi connectivity index (χ1v) is 13.2. The van der Waals surface area contributed by atoms with Gasteiger partial charge in [-0.15, -0.1) is 0 Å². The van der Waals surface area contributed by atoms with Crippen molar-refractivity contribution < 1.29 is 23.8 Å². The van der Waals surface area contributed by atoms with Crippen molar-refractivity contribution in [1.82, 2.24) is 15.5 Å². The largest absolute Gasteiger partial charge is 0.453 e. The maximum absolute atomic E-state index is 13.0. The van der Waals surface area contributed by atoms with Gasteiger partial charge in [0.25, 0.3) is 0 Å². The second kappa shape index (κ2) is 14.4. The van der Waals surface area contributed by atoms with Gasteiger partial charge in [0.15, 0.2) is 0 Å². The molecule has 2 aliphatic heterocycles. The lowest BCUT2D eigenvalue weighted by Gasteiger charge is -2.37. The fraction of sp³-hybridized carbons (Fsp3) is 0.704. The van der Waals surface area contributed by atoms with Crippen LogP contribution in [-0.2, 0) is 14.2 Å². The van der Waals surface area contributed by atoms with Gasteiger partial charge in [0, 0.05) is 51.4 Å². The van der Waals surface area contributed by atoms with Gasteiger partial charge in [0.05, 0.1) is 19.8 Å². The standard InChI is InChI=1S/C27H44N4O5/c1-19-8-9-20(2)24(14-19)25(36-13-10-29-27(33)34-3)22-7-4-11-31(17-22)26(32)30-16-23(28)15-21-6-5-12-35-18-21/h8-9,14,21-23,25H,4-7,10-13,15-18,28H2,1-3H3,(H,29,33)(H,30,32). The van der Waals surface area contributed by atoms with E-state index in [1.54, 1.807) is 0 Å². The van der Waals surface area contributed by atoms with Crippen LogP contribution >= 0.6 is 0 Å². The van der Waals surface area contributed by atoms with E-state index in [1.807, 2.05) is 4.90 Å². The van der Waals surface area contributed by atoms with Crippen molar-refractivity contribution in [2.75, 3.05) is 53.1 Å². The van der Waals surface area contributed by atoms with Crippen LogP contribution in [0, 0.1) is 25.7 Å². The van der Waals surface area contributed by atoms with Crippen molar-refractivity contribution in [2.24, 2.45) is 17.6 Å². The number of nitrogens with two attached hydrogens (primary N) is 1. The second-order valence-corrected chi connectivity index (χ2v) is 10.2. The molecule has 3 amide bonds. The highest BCUT2D eigenvalue weighted by molar-refractivity contribution is 5.74. The number of urea groups is 1. The number of methoxy groups -OCH3 is 1. The summed E-state index contributed by atoms with van der Waals surface area (Å²) in [7, 11) is 1.34. The van der Waals surface area contributed by atoms with Gasteiger partial charge in [0.1, 0.15) is 0 Å². The second-order valence-electron chi connectivity index (χ2n) is 10.2. The average molecular weight is 505 g/mol. The number of nitrogens with zero attached hydrogens (tertiary/aromatic N) is 1. The summed E-state index contributed by atoms with van der Waals surface area (Å²) >= 11 is 0. The van der Waals surface area contributed by atoms with E-state index >= 15 is 0 Å². The number of piperidine rings is 1. The normalized spacial score (nSPS) is 21.9. The molecule has 202 valence electrons. The van der Waals surface area contributed by atoms with Gasteiger partial charge in [-0.05, 0) is 63.0 Å². The number of amides is 3. The van der Waals surface area contributed by atoms with Gasteiger partial charge in [-0.25, -0.2) is 9.59 Å². The topological polar surface area (TPSA) is 115 Å². The molecule has 1 aromatic carbocycles. The Balaban J connectivity index is 1.58. The first-order chi connectivity index (χ1) is 17.4. The summed E-state index contributed by atoms with van der Waals surface area (Å²) in [5, 5.41) is 5.72. The van der Waals surface area contributed by atoms with Crippen molar-refractivity contribution in [3.05, 3.63) is 34.9 Å². The zero-order valence-corrected chi connectivity index (χ0v) is 22.1. The minimum Gasteiger partial charge on any atom is -0.453 e. The van der Waals surface area contributed by atoms with E-state index in [2.05, 4.69) is 47.4 Å². The maximum atomic E-state index is 13.0. The molecular formula is C27H44N4O5. The summed E-state index contributed by atoms with van der Waals surface area (Å²) in [6.07, 6.45) is 4.32. The van der Waals surface area contributed by atoms with Crippen molar-refractivity contribution in [2.45, 2.75) is 58.1 Å². The van der Waals surface area contributed by atoms with Crippen LogP contribution in [0.1, 0.15) is 54.9 Å². The molecule has 3 rings (SSSR count). The summed E-state index contributed by atoms with van der Waals surface area (Å²) in [5.41, 5.74) is 9.78. The zero-order valence-electron chi connectivity index (χ0n) is 22.1. The van der Waals surface area contributed by atoms with Crippen LogP contribution in [0.15, 0.2) is 18.2 Å². The first kappa shape index (κ1) is 28.2. The van der Waals surface area contributed by atoms with Crippen molar-refractivity contribution in [1.29, 1.82) is 0 Å². The molecule has 9 heteroatoms. The Hall–Kier alpha value is -2.36. The molecule has 0 aliphatic carbocycles. The lowest BCUT2D eigenvalue weighted by Crippen LogP contribution is -2.49. The molecule has 2 heterocycles. The molecule has 0 saturated carbocycles. The highest BCUT2D eigenvalue weighted by Gasteiger charge is 2.32. The summed E-state index contributed by atoms with van der Waals surface area (Å²) in [4.78, 5) is 26.3. The number of alkyl carbamates (subject to hydrolysis) is 1. The summed E-state index contributed by atoms with van der Waals surface area (Å²) in [6.45, 7) is 8.28. The van der Waals surface area contributed by atoms with Crippen LogP contribution in [-0.4, -0.2) is 76.2 Å². The van der Waals surface area contributed by atoms with Crippen LogP contribution in [0.4, 0.5) is 9.59 Å². The van der Waals surface area contributed by atoms with Crippen LogP contribution in [0.5, 0.6) is 0 Å². The molecule has 2 saturated heterocycles. The molecule has 2 aliphatic rings. The summed E-state index contributed by atoms with van der Waals surface area (Å²) in [6, 6.07) is 6.23. The molecule has 4 N–H and O–H groups in total. The third-order valence-electron chi connectivity index (χ3n) is 7.17. The molecule has 9 nitrogen and oxygen atoms in total. The number of hydrogen-bond acceptors (Lipinski definition) is 6. The van der Waals surface area contributed by atoms with Gasteiger partial charge < -0.3 is 35.5 Å². The van der Waals surface area contributed by atoms with E-state index in [0.29, 0.717) is 32.2 Å². The van der Waals surface area contributed by atoms with Crippen LogP contribution in [0.25, 0.3) is 0 Å². The Labute approximate surface area is 215 Å². The van der Waals surface area contributed by atoms with E-state index in [-0.39, 0.29) is 24.1 Å². The Morgan fingerprint density at radius 2 is 2.06 bits per heavy atom. The molecule has 36 heavy (non-hydrogen) atoms. The molecule has 0 bridgehead atoms. The quantitative estimate of drug-likeness (QED) is 0.421. The van der Waals surface area contributed by atoms with Crippen LogP contribution < -0.4 is 16.4 Å². The molecular weight excluding hydrogens is 460 g/mol. The van der Waals surface area contributed by atoms with Crippen LogP contribution in [0.2, 0.25) is 0 Å². The van der Waals surface area contributed by atoms with Gasteiger partial charge in [-0.3, -0.25) is 0 Å². The Morgan fingerprint density at radius 3 is 2.81 bits per heavy atom. The Kier molecular flexibility index (Phi) is 11.3. The molecule has 4 unspecified atom stereocenters. The first-order valence-electron chi connectivity index (χ1n) is 13.2. The molecule has 2 fully saturated rings. The summed E-state index contributed by atoms with van der Waals surface area (Å²) < 4.78 is 16.5. The number of rotatable bonds is 10. The number of carbonyl (C=O) groups is 2. The SMILES string of the molecule is COC(=O)NCCOC(c1cc(C)ccc1C)C1CCCN(C(=O)NCC(N)CC2CCCOC2)C1. The molecule has 0 aromatic heterocycles. The van der Waals surface area contributed by atoms with E-state index in [1.165, 1.54) is 12.7 Å². The highest BCUT2D eigenvalue weighted by atomic mass is 16.5. The Bertz CT molecular complexity index is 845. The average Bonchev–Trinajstić information content (AvgIpc) is 2.89. The van der Waals surface area contributed by atoms with Crippen molar-refractivity contribution >= 4 is 12.1 Å². The lowest BCUT2D eigenvalue weighted by molar-refractivity contribution is -0.00887. The minimum absolute atomic E-state index is 0.0675. The van der Waals surface area contributed by atoms with Gasteiger partial charge in [0.2, 0.25) is 0 Å². The number of hydrogen-bond donors (Lipinski definition) is 3. The molecule has 0 spiro atoms. The van der Waals surface area contributed by atoms with Crippen LogP contribution in [0.3, 0.4) is 0 Å². The number of nitrogens with one attached hydrogen (secondary N) is 2. The number of aryl methyl sites for hydroxylation is 2. The Morgan fingerprint density at radius 1 is 1.22 bits per heavy atom. The number of carbonyl (C=O) groups excluding carboxylic acids is 2. The molecule has 4 atom stereocenters. The monoisotopic (exact) mass is 504 g/mol. The van der Waals surface area contributed by atoms with E-state index in [9.17, 15) is 9.59 Å². The van der Waals surface area contributed by atoms with E-state index in [4.69, 9.17) is 15.2 Å². The molecule has 1 aromatic rings. The predicted octanol–water partition coefficient (Wildman–Crippen LogP) is 3.28. The van der Waals surface area contributed by atoms with Gasteiger partial charge in [-0.2, -0.15) is 0 Å². The summed E-state index contributed by atoms with van der Waals surface area (Å²) in [5.74, 6) is 0.630. The third-order valence-corrected chi connectivity index (χ3v) is 7.17. The predicted molar refractivity (Wildman–Crippen MR) is 139 cm³/mol. The minimum atomic E-state index is -0.475. The maximum Gasteiger partial charge on any atom is 0.406 e. The highest BCUT2D eigenvalue weighted by Crippen LogP contribution is 2.35. The van der Waals surface area contributed by atoms with Crippen molar-refractivity contribution in [3.63, 3.8) is 0 Å². The lowest BCUT2D eigenvalue weighted by atomic mass is 9.86. The number of benzene rings is 1. The number of likely N-dealkylation sites (tertiary alicyclic amines) is 1. The zero-order chi connectivity index (χ0) is 25.9.